The molecule has 17 heavy (non-hydrogen) atoms. The van der Waals surface area contributed by atoms with Gasteiger partial charge in [0.15, 0.2) is 5.78 Å². The smallest absolute Gasteiger partial charge is 0.162 e. The summed E-state index contributed by atoms with van der Waals surface area (Å²) in [6.45, 7) is 6.15. The zero-order valence-corrected chi connectivity index (χ0v) is 10.4. The predicted molar refractivity (Wildman–Crippen MR) is 66.3 cm³/mol. The largest absolute Gasteiger partial charge is 0.488 e. The van der Waals surface area contributed by atoms with E-state index in [4.69, 9.17) is 4.74 Å². The summed E-state index contributed by atoms with van der Waals surface area (Å²) in [5, 5.41) is 0. The average molecular weight is 228 g/mol. The van der Waals surface area contributed by atoms with Crippen molar-refractivity contribution in [3.63, 3.8) is 0 Å². The molecule has 0 fully saturated rings. The van der Waals surface area contributed by atoms with E-state index in [0.29, 0.717) is 6.42 Å². The fourth-order valence-electron chi connectivity index (χ4n) is 2.90. The number of allylic oxidation sites excluding steroid dienone is 1. The van der Waals surface area contributed by atoms with Gasteiger partial charge in [-0.2, -0.15) is 0 Å². The summed E-state index contributed by atoms with van der Waals surface area (Å²) in [7, 11) is 0. The number of ketones is 1. The maximum absolute atomic E-state index is 11.7. The summed E-state index contributed by atoms with van der Waals surface area (Å²) >= 11 is 0. The highest BCUT2D eigenvalue weighted by molar-refractivity contribution is 5.97. The molecule has 0 saturated carbocycles. The van der Waals surface area contributed by atoms with Crippen LogP contribution in [-0.4, -0.2) is 11.9 Å². The second kappa shape index (κ2) is 3.22. The molecule has 1 heterocycles. The molecule has 0 N–H and O–H groups in total. The van der Waals surface area contributed by atoms with E-state index >= 15 is 0 Å². The van der Waals surface area contributed by atoms with E-state index in [0.717, 1.165) is 11.3 Å². The van der Waals surface area contributed by atoms with Crippen LogP contribution in [0, 0.1) is 6.92 Å². The molecule has 0 spiro atoms. The number of hydrogen-bond acceptors (Lipinski definition) is 2. The first-order valence-electron chi connectivity index (χ1n) is 6.01. The first-order valence-corrected chi connectivity index (χ1v) is 6.01. The van der Waals surface area contributed by atoms with Crippen LogP contribution in [0.4, 0.5) is 0 Å². The van der Waals surface area contributed by atoms with Gasteiger partial charge in [0.25, 0.3) is 0 Å². The number of carbonyl (C=O) groups excluding carboxylic acids is 1. The summed E-state index contributed by atoms with van der Waals surface area (Å²) in [5.41, 5.74) is 3.17. The van der Waals surface area contributed by atoms with Gasteiger partial charge in [-0.15, -0.1) is 0 Å². The van der Waals surface area contributed by atoms with Crippen molar-refractivity contribution in [2.24, 2.45) is 0 Å². The van der Waals surface area contributed by atoms with Crippen LogP contribution in [0.3, 0.4) is 0 Å². The molecule has 1 aromatic carbocycles. The van der Waals surface area contributed by atoms with Crippen molar-refractivity contribution in [3.8, 4) is 5.75 Å². The van der Waals surface area contributed by atoms with Crippen molar-refractivity contribution in [1.29, 1.82) is 0 Å². The van der Waals surface area contributed by atoms with E-state index < -0.39 is 0 Å². The lowest BCUT2D eigenvalue weighted by Gasteiger charge is -2.31. The van der Waals surface area contributed by atoms with Gasteiger partial charge in [0, 0.05) is 12.0 Å². The molecule has 1 aliphatic heterocycles. The van der Waals surface area contributed by atoms with Gasteiger partial charge in [0.05, 0.1) is 5.41 Å². The molecular formula is C15H16O2. The number of carbonyl (C=O) groups is 1. The topological polar surface area (TPSA) is 26.3 Å². The van der Waals surface area contributed by atoms with Crippen molar-refractivity contribution in [1.82, 2.24) is 0 Å². The van der Waals surface area contributed by atoms with Crippen LogP contribution in [0.5, 0.6) is 5.75 Å². The molecule has 2 atom stereocenters. The van der Waals surface area contributed by atoms with Crippen molar-refractivity contribution in [3.05, 3.63) is 41.0 Å². The van der Waals surface area contributed by atoms with Gasteiger partial charge < -0.3 is 4.74 Å². The average Bonchev–Trinajstić information content (AvgIpc) is 2.53. The summed E-state index contributed by atoms with van der Waals surface area (Å²) in [6.07, 6.45) is 2.54. The Bertz CT molecular complexity index is 542. The van der Waals surface area contributed by atoms with E-state index in [1.165, 1.54) is 11.1 Å². The number of benzene rings is 1. The third-order valence-corrected chi connectivity index (χ3v) is 3.98. The lowest BCUT2D eigenvalue weighted by molar-refractivity contribution is -0.118. The molecule has 2 nitrogen and oxygen atoms in total. The molecule has 0 aromatic heterocycles. The van der Waals surface area contributed by atoms with E-state index in [1.807, 2.05) is 13.0 Å². The Morgan fingerprint density at radius 1 is 1.35 bits per heavy atom. The normalized spacial score (nSPS) is 30.4. The Hall–Kier alpha value is -1.57. The van der Waals surface area contributed by atoms with Gasteiger partial charge in [-0.1, -0.05) is 23.8 Å². The van der Waals surface area contributed by atoms with Crippen LogP contribution in [-0.2, 0) is 10.2 Å². The molecular weight excluding hydrogens is 212 g/mol. The highest BCUT2D eigenvalue weighted by Gasteiger charge is 2.47. The molecule has 2 aliphatic rings. The predicted octanol–water partition coefficient (Wildman–Crippen LogP) is 2.93. The SMILES string of the molecule is CC1=CC2(C)c3cc(C)ccc3OC2CC1=O. The monoisotopic (exact) mass is 228 g/mol. The van der Waals surface area contributed by atoms with Gasteiger partial charge in [-0.25, -0.2) is 0 Å². The summed E-state index contributed by atoms with van der Waals surface area (Å²) in [5.74, 6) is 1.14. The molecule has 1 aliphatic carbocycles. The molecule has 0 amide bonds. The van der Waals surface area contributed by atoms with Crippen molar-refractivity contribution in [2.45, 2.75) is 38.7 Å². The van der Waals surface area contributed by atoms with E-state index in [-0.39, 0.29) is 17.3 Å². The van der Waals surface area contributed by atoms with Gasteiger partial charge in [0.2, 0.25) is 0 Å². The Morgan fingerprint density at radius 2 is 2.12 bits per heavy atom. The molecule has 88 valence electrons. The molecule has 2 heteroatoms. The van der Waals surface area contributed by atoms with E-state index in [1.54, 1.807) is 0 Å². The minimum Gasteiger partial charge on any atom is -0.488 e. The number of ether oxygens (including phenoxy) is 1. The van der Waals surface area contributed by atoms with Crippen LogP contribution in [0.25, 0.3) is 0 Å². The second-order valence-electron chi connectivity index (χ2n) is 5.34. The van der Waals surface area contributed by atoms with Crippen LogP contribution < -0.4 is 4.74 Å². The molecule has 1 aromatic rings. The molecule has 0 bridgehead atoms. The van der Waals surface area contributed by atoms with Crippen molar-refractivity contribution < 1.29 is 9.53 Å². The van der Waals surface area contributed by atoms with Crippen molar-refractivity contribution >= 4 is 5.78 Å². The highest BCUT2D eigenvalue weighted by atomic mass is 16.5. The van der Waals surface area contributed by atoms with Gasteiger partial charge in [-0.3, -0.25) is 4.79 Å². The van der Waals surface area contributed by atoms with Crippen LogP contribution in [0.2, 0.25) is 0 Å². The molecule has 3 rings (SSSR count). The van der Waals surface area contributed by atoms with E-state index in [9.17, 15) is 4.79 Å². The Labute approximate surface area is 101 Å². The van der Waals surface area contributed by atoms with Crippen LogP contribution in [0.15, 0.2) is 29.8 Å². The van der Waals surface area contributed by atoms with Gasteiger partial charge in [-0.05, 0) is 32.4 Å². The first kappa shape index (κ1) is 10.6. The zero-order chi connectivity index (χ0) is 12.2. The first-order chi connectivity index (χ1) is 8.00. The lowest BCUT2D eigenvalue weighted by Crippen LogP contribution is -2.39. The van der Waals surface area contributed by atoms with E-state index in [2.05, 4.69) is 32.1 Å². The number of aryl methyl sites for hydroxylation is 1. The van der Waals surface area contributed by atoms with Gasteiger partial charge >= 0.3 is 0 Å². The van der Waals surface area contributed by atoms with Crippen LogP contribution in [0.1, 0.15) is 31.4 Å². The minimum atomic E-state index is -0.140. The van der Waals surface area contributed by atoms with Crippen molar-refractivity contribution in [2.75, 3.05) is 0 Å². The zero-order valence-electron chi connectivity index (χ0n) is 10.4. The third kappa shape index (κ3) is 1.36. The third-order valence-electron chi connectivity index (χ3n) is 3.98. The maximum Gasteiger partial charge on any atom is 0.162 e. The number of rotatable bonds is 0. The highest BCUT2D eigenvalue weighted by Crippen LogP contribution is 2.48. The second-order valence-corrected chi connectivity index (χ2v) is 5.34. The Morgan fingerprint density at radius 3 is 2.88 bits per heavy atom. The van der Waals surface area contributed by atoms with Crippen LogP contribution >= 0.6 is 0 Å². The standard InChI is InChI=1S/C15H16O2/c1-9-4-5-13-11(6-9)15(3)8-10(2)12(16)7-14(15)17-13/h4-6,8,14H,7H2,1-3H3. The molecule has 0 radical (unpaired) electrons. The maximum atomic E-state index is 11.7. The molecule has 2 unspecified atom stereocenters. The minimum absolute atomic E-state index is 0.0319. The molecule has 0 saturated heterocycles. The van der Waals surface area contributed by atoms with Gasteiger partial charge in [0.1, 0.15) is 11.9 Å². The lowest BCUT2D eigenvalue weighted by atomic mass is 9.72. The fourth-order valence-corrected chi connectivity index (χ4v) is 2.90. The number of hydrogen-bond donors (Lipinski definition) is 0. The quantitative estimate of drug-likeness (QED) is 0.682. The summed E-state index contributed by atoms with van der Waals surface area (Å²) in [4.78, 5) is 11.7. The Balaban J connectivity index is 2.19. The number of fused-ring (bicyclic) bond motifs is 3. The summed E-state index contributed by atoms with van der Waals surface area (Å²) < 4.78 is 5.92. The number of Topliss-reactive ketones (excluding diaryl/α,β-unsaturated/α-hetero) is 1. The Kier molecular flexibility index (Phi) is 2.00. The fraction of sp³-hybridized carbons (Fsp3) is 0.400. The summed E-state index contributed by atoms with van der Waals surface area (Å²) in [6, 6.07) is 6.24.